The lowest BCUT2D eigenvalue weighted by Gasteiger charge is -2.13. The van der Waals surface area contributed by atoms with Gasteiger partial charge in [0.25, 0.3) is 5.91 Å². The van der Waals surface area contributed by atoms with Crippen LogP contribution in [0.3, 0.4) is 0 Å². The van der Waals surface area contributed by atoms with Crippen LogP contribution in [-0.4, -0.2) is 23.9 Å². The molecule has 0 heterocycles. The molecule has 1 aliphatic carbocycles. The molecule has 0 bridgehead atoms. The van der Waals surface area contributed by atoms with E-state index in [1.54, 1.807) is 31.2 Å². The van der Waals surface area contributed by atoms with Crippen molar-refractivity contribution >= 4 is 11.8 Å². The molecular formula is C13H16N2O2. The molecule has 1 aliphatic rings. The van der Waals surface area contributed by atoms with Gasteiger partial charge in [-0.05, 0) is 31.9 Å². The lowest BCUT2D eigenvalue weighted by molar-refractivity contribution is -0.122. The van der Waals surface area contributed by atoms with Gasteiger partial charge in [-0.2, -0.15) is 0 Å². The average Bonchev–Trinajstić information content (AvgIpc) is 3.14. The summed E-state index contributed by atoms with van der Waals surface area (Å²) in [6.07, 6.45) is 2.09. The van der Waals surface area contributed by atoms with Gasteiger partial charge in [0.15, 0.2) is 0 Å². The number of hydrogen-bond donors (Lipinski definition) is 2. The maximum absolute atomic E-state index is 11.8. The summed E-state index contributed by atoms with van der Waals surface area (Å²) < 4.78 is 0. The predicted molar refractivity (Wildman–Crippen MR) is 64.5 cm³/mol. The van der Waals surface area contributed by atoms with E-state index in [4.69, 9.17) is 0 Å². The third-order valence-electron chi connectivity index (χ3n) is 2.70. The van der Waals surface area contributed by atoms with Crippen molar-refractivity contribution in [2.24, 2.45) is 0 Å². The standard InChI is InChI=1S/C13H16N2O2/c1-9(12(16)15-11-7-8-11)14-13(17)10-5-3-2-4-6-10/h2-6,9,11H,7-8H2,1H3,(H,14,17)(H,15,16). The molecule has 0 aliphatic heterocycles. The van der Waals surface area contributed by atoms with Gasteiger partial charge in [0.1, 0.15) is 6.04 Å². The minimum atomic E-state index is -0.497. The molecule has 1 aromatic carbocycles. The van der Waals surface area contributed by atoms with Crippen molar-refractivity contribution < 1.29 is 9.59 Å². The van der Waals surface area contributed by atoms with E-state index in [1.807, 2.05) is 6.07 Å². The molecule has 2 N–H and O–H groups in total. The van der Waals surface area contributed by atoms with Crippen molar-refractivity contribution in [3.05, 3.63) is 35.9 Å². The summed E-state index contributed by atoms with van der Waals surface area (Å²) in [6, 6.07) is 8.71. The van der Waals surface area contributed by atoms with Crippen molar-refractivity contribution in [1.82, 2.24) is 10.6 Å². The summed E-state index contributed by atoms with van der Waals surface area (Å²) >= 11 is 0. The molecule has 17 heavy (non-hydrogen) atoms. The molecule has 0 aromatic heterocycles. The molecule has 1 saturated carbocycles. The fourth-order valence-corrected chi connectivity index (χ4v) is 1.49. The summed E-state index contributed by atoms with van der Waals surface area (Å²) in [5, 5.41) is 5.53. The molecule has 90 valence electrons. The Balaban J connectivity index is 1.87. The van der Waals surface area contributed by atoms with Crippen LogP contribution in [0.15, 0.2) is 30.3 Å². The molecule has 0 spiro atoms. The van der Waals surface area contributed by atoms with Crippen LogP contribution in [0.1, 0.15) is 30.1 Å². The number of benzene rings is 1. The van der Waals surface area contributed by atoms with E-state index < -0.39 is 6.04 Å². The van der Waals surface area contributed by atoms with Gasteiger partial charge in [-0.15, -0.1) is 0 Å². The summed E-state index contributed by atoms with van der Waals surface area (Å²) in [4.78, 5) is 23.4. The lowest BCUT2D eigenvalue weighted by Crippen LogP contribution is -2.45. The van der Waals surface area contributed by atoms with E-state index in [-0.39, 0.29) is 11.8 Å². The van der Waals surface area contributed by atoms with Crippen molar-refractivity contribution in [2.75, 3.05) is 0 Å². The monoisotopic (exact) mass is 232 g/mol. The highest BCUT2D eigenvalue weighted by Crippen LogP contribution is 2.18. The Morgan fingerprint density at radius 3 is 2.47 bits per heavy atom. The normalized spacial score (nSPS) is 16.1. The number of amides is 2. The van der Waals surface area contributed by atoms with Gasteiger partial charge in [0, 0.05) is 11.6 Å². The van der Waals surface area contributed by atoms with Crippen LogP contribution in [0.25, 0.3) is 0 Å². The van der Waals surface area contributed by atoms with Crippen molar-refractivity contribution in [1.29, 1.82) is 0 Å². The molecule has 0 saturated heterocycles. The highest BCUT2D eigenvalue weighted by Gasteiger charge is 2.26. The molecule has 1 atom stereocenters. The van der Waals surface area contributed by atoms with Crippen molar-refractivity contribution in [2.45, 2.75) is 31.8 Å². The number of rotatable bonds is 4. The molecular weight excluding hydrogens is 216 g/mol. The van der Waals surface area contributed by atoms with Crippen LogP contribution in [0.4, 0.5) is 0 Å². The fourth-order valence-electron chi connectivity index (χ4n) is 1.49. The van der Waals surface area contributed by atoms with Crippen LogP contribution >= 0.6 is 0 Å². The van der Waals surface area contributed by atoms with Crippen molar-refractivity contribution in [3.8, 4) is 0 Å². The zero-order chi connectivity index (χ0) is 12.3. The number of nitrogens with one attached hydrogen (secondary N) is 2. The van der Waals surface area contributed by atoms with Gasteiger partial charge < -0.3 is 10.6 Å². The third kappa shape index (κ3) is 3.31. The predicted octanol–water partition coefficient (Wildman–Crippen LogP) is 1.08. The summed E-state index contributed by atoms with van der Waals surface area (Å²) in [5.74, 6) is -0.333. The zero-order valence-corrected chi connectivity index (χ0v) is 9.77. The van der Waals surface area contributed by atoms with Crippen LogP contribution in [-0.2, 0) is 4.79 Å². The van der Waals surface area contributed by atoms with Crippen LogP contribution in [0, 0.1) is 0 Å². The van der Waals surface area contributed by atoms with Gasteiger partial charge in [0.2, 0.25) is 5.91 Å². The first-order valence-corrected chi connectivity index (χ1v) is 5.83. The zero-order valence-electron chi connectivity index (χ0n) is 9.77. The first-order valence-electron chi connectivity index (χ1n) is 5.83. The maximum atomic E-state index is 11.8. The Morgan fingerprint density at radius 1 is 1.24 bits per heavy atom. The van der Waals surface area contributed by atoms with E-state index in [2.05, 4.69) is 10.6 Å². The Labute approximate surface area is 100 Å². The van der Waals surface area contributed by atoms with E-state index in [0.717, 1.165) is 12.8 Å². The minimum absolute atomic E-state index is 0.114. The van der Waals surface area contributed by atoms with Crippen molar-refractivity contribution in [3.63, 3.8) is 0 Å². The van der Waals surface area contributed by atoms with Crippen LogP contribution in [0.2, 0.25) is 0 Å². The Kier molecular flexibility index (Phi) is 3.42. The molecule has 2 amide bonds. The molecule has 1 fully saturated rings. The Bertz CT molecular complexity index is 413. The molecule has 1 aromatic rings. The molecule has 0 radical (unpaired) electrons. The fraction of sp³-hybridized carbons (Fsp3) is 0.385. The van der Waals surface area contributed by atoms with Gasteiger partial charge >= 0.3 is 0 Å². The van der Waals surface area contributed by atoms with E-state index >= 15 is 0 Å². The number of carbonyl (C=O) groups excluding carboxylic acids is 2. The second-order valence-electron chi connectivity index (χ2n) is 4.34. The first kappa shape index (κ1) is 11.6. The summed E-state index contributed by atoms with van der Waals surface area (Å²) in [6.45, 7) is 1.69. The second kappa shape index (κ2) is 4.99. The largest absolute Gasteiger partial charge is 0.352 e. The molecule has 4 nitrogen and oxygen atoms in total. The van der Waals surface area contributed by atoms with E-state index in [9.17, 15) is 9.59 Å². The van der Waals surface area contributed by atoms with Gasteiger partial charge in [-0.3, -0.25) is 9.59 Å². The third-order valence-corrected chi connectivity index (χ3v) is 2.70. The molecule has 4 heteroatoms. The average molecular weight is 232 g/mol. The summed E-state index contributed by atoms with van der Waals surface area (Å²) in [7, 11) is 0. The van der Waals surface area contributed by atoms with E-state index in [0.29, 0.717) is 11.6 Å². The van der Waals surface area contributed by atoms with Gasteiger partial charge in [-0.25, -0.2) is 0 Å². The van der Waals surface area contributed by atoms with Crippen LogP contribution in [0.5, 0.6) is 0 Å². The maximum Gasteiger partial charge on any atom is 0.251 e. The molecule has 2 rings (SSSR count). The second-order valence-corrected chi connectivity index (χ2v) is 4.34. The number of carbonyl (C=O) groups is 2. The topological polar surface area (TPSA) is 58.2 Å². The minimum Gasteiger partial charge on any atom is -0.352 e. The lowest BCUT2D eigenvalue weighted by atomic mass is 10.2. The Morgan fingerprint density at radius 2 is 1.88 bits per heavy atom. The van der Waals surface area contributed by atoms with Gasteiger partial charge in [-0.1, -0.05) is 18.2 Å². The molecule has 1 unspecified atom stereocenters. The Hall–Kier alpha value is -1.84. The van der Waals surface area contributed by atoms with Gasteiger partial charge in [0.05, 0.1) is 0 Å². The summed E-state index contributed by atoms with van der Waals surface area (Å²) in [5.41, 5.74) is 0.568. The van der Waals surface area contributed by atoms with E-state index in [1.165, 1.54) is 0 Å². The highest BCUT2D eigenvalue weighted by molar-refractivity contribution is 5.97. The quantitative estimate of drug-likeness (QED) is 0.816. The van der Waals surface area contributed by atoms with Crippen LogP contribution < -0.4 is 10.6 Å². The SMILES string of the molecule is CC(NC(=O)c1ccccc1)C(=O)NC1CC1. The first-order chi connectivity index (χ1) is 8.16. The highest BCUT2D eigenvalue weighted by atomic mass is 16.2. The smallest absolute Gasteiger partial charge is 0.251 e. The number of hydrogen-bond acceptors (Lipinski definition) is 2.